The number of urea groups is 1. The molecule has 11 heteroatoms. The number of halogens is 3. The summed E-state index contributed by atoms with van der Waals surface area (Å²) < 4.78 is 42.8. The largest absolute Gasteiger partial charge is 0.416 e. The second-order valence-electron chi connectivity index (χ2n) is 11.7. The van der Waals surface area contributed by atoms with E-state index in [9.17, 15) is 27.9 Å². The normalized spacial score (nSPS) is 21.2. The Labute approximate surface area is 232 Å². The van der Waals surface area contributed by atoms with Gasteiger partial charge in [0, 0.05) is 38.0 Å². The van der Waals surface area contributed by atoms with Gasteiger partial charge in [-0.1, -0.05) is 32.0 Å². The lowest BCUT2D eigenvalue weighted by molar-refractivity contribution is -0.138. The molecule has 2 atom stereocenters. The van der Waals surface area contributed by atoms with Crippen LogP contribution in [0.4, 0.5) is 18.0 Å². The number of piperidine rings is 1. The minimum Gasteiger partial charge on any atom is -0.394 e. The van der Waals surface area contributed by atoms with Gasteiger partial charge in [0.15, 0.2) is 0 Å². The molecule has 3 aliphatic rings. The first-order valence-corrected chi connectivity index (χ1v) is 14.3. The third kappa shape index (κ3) is 5.84. The van der Waals surface area contributed by atoms with E-state index in [0.717, 1.165) is 24.6 Å². The maximum absolute atomic E-state index is 13.7. The quantitative estimate of drug-likeness (QED) is 0.510. The fourth-order valence-electron chi connectivity index (χ4n) is 6.06. The second-order valence-corrected chi connectivity index (χ2v) is 11.7. The Kier molecular flexibility index (Phi) is 8.13. The third-order valence-electron chi connectivity index (χ3n) is 8.62. The summed E-state index contributed by atoms with van der Waals surface area (Å²) in [6, 6.07) is 5.24. The average molecular weight is 562 g/mol. The Morgan fingerprint density at radius 2 is 1.70 bits per heavy atom. The van der Waals surface area contributed by atoms with Gasteiger partial charge in [0.1, 0.15) is 0 Å². The molecular formula is C29H38F3N5O3. The molecule has 2 saturated heterocycles. The number of benzene rings is 1. The lowest BCUT2D eigenvalue weighted by atomic mass is 9.93. The molecule has 2 aromatic rings. The van der Waals surface area contributed by atoms with Gasteiger partial charge >= 0.3 is 12.2 Å². The summed E-state index contributed by atoms with van der Waals surface area (Å²) in [5.41, 5.74) is 1.09. The van der Waals surface area contributed by atoms with Crippen molar-refractivity contribution in [2.75, 3.05) is 32.8 Å². The first-order valence-electron chi connectivity index (χ1n) is 14.3. The van der Waals surface area contributed by atoms with Crippen molar-refractivity contribution in [1.29, 1.82) is 0 Å². The van der Waals surface area contributed by atoms with Crippen molar-refractivity contribution in [3.63, 3.8) is 0 Å². The standard InChI is InChI=1S/C29H38F3N5O3/c1-18(2)25(17-38)34-28(40)35-13-10-21(11-14-35)37-26(19-7-8-19)23(15-33-37)27(39)36-12-9-20(16-36)22-5-3-4-6-24(22)29(30,31)32/h3-6,15,18-21,25,38H,7-14,16-17H2,1-2H3,(H,34,40)/t20-,25-/m1/s1. The molecule has 5 rings (SSSR count). The molecule has 1 saturated carbocycles. The highest BCUT2D eigenvalue weighted by atomic mass is 19.4. The number of hydrogen-bond acceptors (Lipinski definition) is 4. The molecular weight excluding hydrogens is 523 g/mol. The third-order valence-corrected chi connectivity index (χ3v) is 8.62. The second kappa shape index (κ2) is 11.4. The fourth-order valence-corrected chi connectivity index (χ4v) is 6.06. The van der Waals surface area contributed by atoms with E-state index in [1.54, 1.807) is 22.1 Å². The molecule has 218 valence electrons. The van der Waals surface area contributed by atoms with E-state index >= 15 is 0 Å². The van der Waals surface area contributed by atoms with Crippen molar-refractivity contribution in [3.05, 3.63) is 52.8 Å². The Bertz CT molecular complexity index is 1220. The number of aliphatic hydroxyl groups excluding tert-OH is 1. The number of alkyl halides is 3. The number of aromatic nitrogens is 2. The molecule has 8 nitrogen and oxygen atoms in total. The summed E-state index contributed by atoms with van der Waals surface area (Å²) in [7, 11) is 0. The van der Waals surface area contributed by atoms with Gasteiger partial charge in [-0.05, 0) is 49.7 Å². The van der Waals surface area contributed by atoms with Crippen molar-refractivity contribution in [2.45, 2.75) is 76.0 Å². The maximum Gasteiger partial charge on any atom is 0.416 e. The molecule has 0 radical (unpaired) electrons. The van der Waals surface area contributed by atoms with Crippen molar-refractivity contribution >= 4 is 11.9 Å². The zero-order valence-corrected chi connectivity index (χ0v) is 23.0. The highest BCUT2D eigenvalue weighted by Gasteiger charge is 2.40. The molecule has 1 aliphatic carbocycles. The smallest absolute Gasteiger partial charge is 0.394 e. The van der Waals surface area contributed by atoms with Crippen LogP contribution in [0.5, 0.6) is 0 Å². The van der Waals surface area contributed by atoms with E-state index in [0.29, 0.717) is 44.5 Å². The topological polar surface area (TPSA) is 90.7 Å². The Morgan fingerprint density at radius 1 is 1.02 bits per heavy atom. The maximum atomic E-state index is 13.7. The first kappa shape index (κ1) is 28.4. The first-order chi connectivity index (χ1) is 19.1. The van der Waals surface area contributed by atoms with E-state index in [1.807, 2.05) is 18.5 Å². The zero-order valence-electron chi connectivity index (χ0n) is 23.0. The van der Waals surface area contributed by atoms with Gasteiger partial charge in [0.2, 0.25) is 0 Å². The Balaban J connectivity index is 1.26. The number of nitrogens with zero attached hydrogens (tertiary/aromatic N) is 4. The van der Waals surface area contributed by atoms with Crippen LogP contribution >= 0.6 is 0 Å². The molecule has 3 heterocycles. The summed E-state index contributed by atoms with van der Waals surface area (Å²) in [6.07, 6.45) is 1.04. The van der Waals surface area contributed by atoms with Crippen LogP contribution in [0.2, 0.25) is 0 Å². The summed E-state index contributed by atoms with van der Waals surface area (Å²) in [4.78, 5) is 29.8. The molecule has 2 N–H and O–H groups in total. The summed E-state index contributed by atoms with van der Waals surface area (Å²) >= 11 is 0. The van der Waals surface area contributed by atoms with E-state index in [2.05, 4.69) is 10.4 Å². The van der Waals surface area contributed by atoms with E-state index in [1.165, 1.54) is 12.1 Å². The van der Waals surface area contributed by atoms with Crippen molar-refractivity contribution in [3.8, 4) is 0 Å². The van der Waals surface area contributed by atoms with Gasteiger partial charge < -0.3 is 20.2 Å². The molecule has 0 unspecified atom stereocenters. The van der Waals surface area contributed by atoms with Gasteiger partial charge in [0.05, 0.1) is 41.7 Å². The van der Waals surface area contributed by atoms with Crippen LogP contribution in [-0.2, 0) is 6.18 Å². The number of amides is 3. The van der Waals surface area contributed by atoms with Crippen LogP contribution in [-0.4, -0.2) is 75.5 Å². The predicted octanol–water partition coefficient (Wildman–Crippen LogP) is 4.77. The Hall–Kier alpha value is -3.08. The van der Waals surface area contributed by atoms with Crippen LogP contribution in [0.1, 0.15) is 91.0 Å². The lowest BCUT2D eigenvalue weighted by Crippen LogP contribution is -2.50. The highest BCUT2D eigenvalue weighted by molar-refractivity contribution is 5.95. The number of nitrogens with one attached hydrogen (secondary N) is 1. The van der Waals surface area contributed by atoms with Crippen molar-refractivity contribution in [1.82, 2.24) is 24.9 Å². The molecule has 2 aliphatic heterocycles. The van der Waals surface area contributed by atoms with Crippen LogP contribution in [0.3, 0.4) is 0 Å². The van der Waals surface area contributed by atoms with E-state index in [-0.39, 0.29) is 60.5 Å². The average Bonchev–Trinajstić information content (AvgIpc) is 3.48. The van der Waals surface area contributed by atoms with Crippen molar-refractivity contribution in [2.24, 2.45) is 5.92 Å². The predicted molar refractivity (Wildman–Crippen MR) is 143 cm³/mol. The summed E-state index contributed by atoms with van der Waals surface area (Å²) in [5, 5.41) is 17.1. The molecule has 40 heavy (non-hydrogen) atoms. The molecule has 3 amide bonds. The zero-order chi connectivity index (χ0) is 28.6. The number of likely N-dealkylation sites (tertiary alicyclic amines) is 2. The number of carbonyl (C=O) groups excluding carboxylic acids is 2. The number of hydrogen-bond donors (Lipinski definition) is 2. The molecule has 1 aromatic heterocycles. The highest BCUT2D eigenvalue weighted by Crippen LogP contribution is 2.44. The molecule has 1 aromatic carbocycles. The van der Waals surface area contributed by atoms with Crippen molar-refractivity contribution < 1.29 is 27.9 Å². The van der Waals surface area contributed by atoms with Gasteiger partial charge in [-0.3, -0.25) is 9.48 Å². The minimum absolute atomic E-state index is 0.0601. The summed E-state index contributed by atoms with van der Waals surface area (Å²) in [5.74, 6) is -0.153. The van der Waals surface area contributed by atoms with Crippen LogP contribution < -0.4 is 5.32 Å². The van der Waals surface area contributed by atoms with Crippen LogP contribution in [0, 0.1) is 5.92 Å². The monoisotopic (exact) mass is 561 g/mol. The number of carbonyl (C=O) groups is 2. The van der Waals surface area contributed by atoms with Gasteiger partial charge in [-0.15, -0.1) is 0 Å². The number of rotatable bonds is 7. The molecule has 0 spiro atoms. The lowest BCUT2D eigenvalue weighted by Gasteiger charge is -2.34. The number of aliphatic hydroxyl groups is 1. The van der Waals surface area contributed by atoms with Crippen LogP contribution in [0.15, 0.2) is 30.5 Å². The molecule has 0 bridgehead atoms. The summed E-state index contributed by atoms with van der Waals surface area (Å²) in [6.45, 7) is 5.55. The van der Waals surface area contributed by atoms with Gasteiger partial charge in [-0.25, -0.2) is 4.79 Å². The van der Waals surface area contributed by atoms with Gasteiger partial charge in [0.25, 0.3) is 5.91 Å². The van der Waals surface area contributed by atoms with E-state index in [4.69, 9.17) is 0 Å². The fraction of sp³-hybridized carbons (Fsp3) is 0.621. The molecule has 3 fully saturated rings. The van der Waals surface area contributed by atoms with Gasteiger partial charge in [-0.2, -0.15) is 18.3 Å². The Morgan fingerprint density at radius 3 is 2.33 bits per heavy atom. The SMILES string of the molecule is CC(C)[C@@H](CO)NC(=O)N1CCC(n2ncc(C(=O)N3CC[C@@H](c4ccccc4C(F)(F)F)C3)c2C2CC2)CC1. The van der Waals surface area contributed by atoms with Crippen LogP contribution in [0.25, 0.3) is 0 Å². The minimum atomic E-state index is -4.43. The van der Waals surface area contributed by atoms with E-state index < -0.39 is 11.7 Å².